The van der Waals surface area contributed by atoms with Gasteiger partial charge in [-0.1, -0.05) is 35.3 Å². The van der Waals surface area contributed by atoms with Crippen molar-refractivity contribution in [3.05, 3.63) is 63.4 Å². The van der Waals surface area contributed by atoms with Crippen molar-refractivity contribution >= 4 is 34.9 Å². The summed E-state index contributed by atoms with van der Waals surface area (Å²) in [6.45, 7) is 0.166. The van der Waals surface area contributed by atoms with Crippen molar-refractivity contribution < 1.29 is 18.7 Å². The maximum atomic E-state index is 16.1. The van der Waals surface area contributed by atoms with E-state index in [2.05, 4.69) is 10.3 Å². The first-order valence-electron chi connectivity index (χ1n) is 9.35. The van der Waals surface area contributed by atoms with Crippen LogP contribution < -0.4 is 5.32 Å². The molecule has 1 aliphatic heterocycles. The Morgan fingerprint density at radius 3 is 2.86 bits per heavy atom. The van der Waals surface area contributed by atoms with E-state index < -0.39 is 17.0 Å². The quantitative estimate of drug-likeness (QED) is 0.788. The number of nitrogens with zero attached hydrogens (tertiary/aromatic N) is 1. The largest absolute Gasteiger partial charge is 0.369 e. The van der Waals surface area contributed by atoms with Gasteiger partial charge in [-0.05, 0) is 43.0 Å². The number of hydrogen-bond acceptors (Lipinski definition) is 4. The zero-order chi connectivity index (χ0) is 20.6. The Morgan fingerprint density at radius 1 is 1.28 bits per heavy atom. The molecule has 1 saturated heterocycles. The van der Waals surface area contributed by atoms with E-state index in [0.717, 1.165) is 5.56 Å². The van der Waals surface area contributed by atoms with Crippen LogP contribution >= 0.6 is 23.2 Å². The number of morpholine rings is 1. The second kappa shape index (κ2) is 7.67. The summed E-state index contributed by atoms with van der Waals surface area (Å²) in [7, 11) is 0. The van der Waals surface area contributed by atoms with Crippen molar-refractivity contribution in [2.24, 2.45) is 0 Å². The molecule has 1 aliphatic carbocycles. The van der Waals surface area contributed by atoms with Crippen LogP contribution in [0.1, 0.15) is 36.1 Å². The maximum Gasteiger partial charge on any atom is 0.246 e. The van der Waals surface area contributed by atoms with Crippen molar-refractivity contribution in [1.82, 2.24) is 10.3 Å². The number of carbonyl (C=O) groups excluding carboxylic acids is 2. The zero-order valence-electron chi connectivity index (χ0n) is 15.5. The Hall–Kier alpha value is -2.02. The van der Waals surface area contributed by atoms with Crippen LogP contribution in [-0.2, 0) is 32.0 Å². The number of pyridine rings is 1. The van der Waals surface area contributed by atoms with Crippen LogP contribution in [0.3, 0.4) is 0 Å². The number of ether oxygens (including phenoxy) is 1. The molecule has 4 rings (SSSR count). The average Bonchev–Trinajstić information content (AvgIpc) is 2.70. The molecular weight excluding hydrogens is 418 g/mol. The minimum Gasteiger partial charge on any atom is -0.369 e. The number of aromatic nitrogens is 1. The van der Waals surface area contributed by atoms with Crippen molar-refractivity contribution in [2.75, 3.05) is 13.2 Å². The number of halogens is 3. The molecule has 2 aliphatic rings. The minimum absolute atomic E-state index is 0.0119. The third kappa shape index (κ3) is 3.65. The highest BCUT2D eigenvalue weighted by molar-refractivity contribution is 6.35. The fourth-order valence-electron chi connectivity index (χ4n) is 4.12. The number of Topliss-reactive ketones (excluding diaryl/α,β-unsaturated/α-hetero) is 1. The molecule has 2 aromatic rings. The highest BCUT2D eigenvalue weighted by atomic mass is 35.5. The van der Waals surface area contributed by atoms with Gasteiger partial charge in [0.25, 0.3) is 0 Å². The molecule has 5 nitrogen and oxygen atoms in total. The van der Waals surface area contributed by atoms with E-state index in [1.165, 1.54) is 6.20 Å². The Labute approximate surface area is 177 Å². The number of benzene rings is 1. The van der Waals surface area contributed by atoms with Gasteiger partial charge >= 0.3 is 0 Å². The van der Waals surface area contributed by atoms with Crippen molar-refractivity contribution in [2.45, 2.75) is 36.9 Å². The number of hydrogen-bond donors (Lipinski definition) is 1. The first-order chi connectivity index (χ1) is 13.8. The molecule has 0 unspecified atom stereocenters. The number of carbonyl (C=O) groups is 2. The molecule has 29 heavy (non-hydrogen) atoms. The van der Waals surface area contributed by atoms with Gasteiger partial charge in [0.05, 0.1) is 12.3 Å². The number of ketones is 1. The standard InChI is InChI=1S/C21H19Cl2FN2O3/c22-14-5-3-13(16(23)10-14)4-6-17(27)21(24)8-7-20(12-29-11-18(28)26-20)19-15(21)2-1-9-25-19/h1-3,5,9-10H,4,6-8,11-12H2,(H,26,28)/t20-,21-/m0/s1. The number of rotatable bonds is 4. The van der Waals surface area contributed by atoms with Gasteiger partial charge < -0.3 is 10.1 Å². The summed E-state index contributed by atoms with van der Waals surface area (Å²) in [5, 5.41) is 3.85. The van der Waals surface area contributed by atoms with E-state index in [4.69, 9.17) is 27.9 Å². The van der Waals surface area contributed by atoms with Gasteiger partial charge in [0.2, 0.25) is 5.91 Å². The average molecular weight is 437 g/mol. The molecular formula is C21H19Cl2FN2O3. The van der Waals surface area contributed by atoms with E-state index in [-0.39, 0.29) is 43.9 Å². The highest BCUT2D eigenvalue weighted by Crippen LogP contribution is 2.47. The lowest BCUT2D eigenvalue weighted by atomic mass is 9.70. The molecule has 0 bridgehead atoms. The fraction of sp³-hybridized carbons (Fsp3) is 0.381. The van der Waals surface area contributed by atoms with Gasteiger partial charge in [-0.25, -0.2) is 4.39 Å². The minimum atomic E-state index is -2.17. The molecule has 1 spiro atoms. The zero-order valence-corrected chi connectivity index (χ0v) is 17.0. The summed E-state index contributed by atoms with van der Waals surface area (Å²) in [6, 6.07) is 8.19. The molecule has 0 radical (unpaired) electrons. The lowest BCUT2D eigenvalue weighted by Crippen LogP contribution is -2.59. The molecule has 1 amide bonds. The monoisotopic (exact) mass is 436 g/mol. The summed E-state index contributed by atoms with van der Waals surface area (Å²) < 4.78 is 21.5. The normalized spacial score (nSPS) is 26.1. The molecule has 1 aromatic carbocycles. The smallest absolute Gasteiger partial charge is 0.246 e. The number of fused-ring (bicyclic) bond motifs is 2. The van der Waals surface area contributed by atoms with Gasteiger partial charge in [0, 0.05) is 28.2 Å². The van der Waals surface area contributed by atoms with E-state index in [1.54, 1.807) is 30.3 Å². The van der Waals surface area contributed by atoms with E-state index >= 15 is 4.39 Å². The van der Waals surface area contributed by atoms with E-state index in [1.807, 2.05) is 0 Å². The molecule has 2 heterocycles. The van der Waals surface area contributed by atoms with Crippen LogP contribution in [0, 0.1) is 0 Å². The van der Waals surface area contributed by atoms with Crippen molar-refractivity contribution in [3.63, 3.8) is 0 Å². The van der Waals surface area contributed by atoms with Gasteiger partial charge in [-0.15, -0.1) is 0 Å². The van der Waals surface area contributed by atoms with Gasteiger partial charge in [0.1, 0.15) is 12.1 Å². The summed E-state index contributed by atoms with van der Waals surface area (Å²) >= 11 is 12.1. The SMILES string of the molecule is O=C1COC[C@]2(CC[C@@](F)(C(=O)CCc3ccc(Cl)cc3Cl)c3cccnc32)N1. The van der Waals surface area contributed by atoms with Crippen LogP contribution in [0.2, 0.25) is 10.0 Å². The second-order valence-corrected chi connectivity index (χ2v) is 8.33. The highest BCUT2D eigenvalue weighted by Gasteiger charge is 2.53. The van der Waals surface area contributed by atoms with Gasteiger partial charge in [-0.3, -0.25) is 14.6 Å². The lowest BCUT2D eigenvalue weighted by Gasteiger charge is -2.44. The fourth-order valence-corrected chi connectivity index (χ4v) is 4.63. The molecule has 1 aromatic heterocycles. The Morgan fingerprint density at radius 2 is 2.10 bits per heavy atom. The van der Waals surface area contributed by atoms with E-state index in [9.17, 15) is 9.59 Å². The first-order valence-corrected chi connectivity index (χ1v) is 10.1. The van der Waals surface area contributed by atoms with Gasteiger partial charge in [0.15, 0.2) is 11.5 Å². The lowest BCUT2D eigenvalue weighted by molar-refractivity contribution is -0.139. The molecule has 0 saturated carbocycles. The topological polar surface area (TPSA) is 68.3 Å². The summed E-state index contributed by atoms with van der Waals surface area (Å²) in [5.74, 6) is -0.807. The third-order valence-corrected chi connectivity index (χ3v) is 6.21. The Kier molecular flexibility index (Phi) is 5.36. The number of aryl methyl sites for hydroxylation is 1. The third-order valence-electron chi connectivity index (χ3n) is 5.62. The van der Waals surface area contributed by atoms with Crippen LogP contribution in [0.5, 0.6) is 0 Å². The molecule has 1 N–H and O–H groups in total. The predicted octanol–water partition coefficient (Wildman–Crippen LogP) is 3.89. The summed E-state index contributed by atoms with van der Waals surface area (Å²) in [4.78, 5) is 29.2. The van der Waals surface area contributed by atoms with Crippen LogP contribution in [0.25, 0.3) is 0 Å². The second-order valence-electron chi connectivity index (χ2n) is 7.48. The first kappa shape index (κ1) is 20.3. The molecule has 8 heteroatoms. The van der Waals surface area contributed by atoms with Gasteiger partial charge in [-0.2, -0.15) is 0 Å². The number of nitrogens with one attached hydrogen (secondary N) is 1. The Balaban J connectivity index is 1.61. The van der Waals surface area contributed by atoms with Crippen LogP contribution in [0.15, 0.2) is 36.5 Å². The Bertz CT molecular complexity index is 986. The molecule has 152 valence electrons. The van der Waals surface area contributed by atoms with E-state index in [0.29, 0.717) is 22.2 Å². The number of amides is 1. The summed E-state index contributed by atoms with van der Waals surface area (Å²) in [6.07, 6.45) is 2.00. The predicted molar refractivity (Wildman–Crippen MR) is 107 cm³/mol. The molecule has 2 atom stereocenters. The summed E-state index contributed by atoms with van der Waals surface area (Å²) in [5.41, 5.74) is -1.78. The van der Waals surface area contributed by atoms with Crippen molar-refractivity contribution in [1.29, 1.82) is 0 Å². The van der Waals surface area contributed by atoms with Crippen LogP contribution in [0.4, 0.5) is 4.39 Å². The van der Waals surface area contributed by atoms with Crippen molar-refractivity contribution in [3.8, 4) is 0 Å². The number of alkyl halides is 1. The van der Waals surface area contributed by atoms with Crippen LogP contribution in [-0.4, -0.2) is 29.9 Å². The molecule has 1 fully saturated rings. The maximum absolute atomic E-state index is 16.1.